The van der Waals surface area contributed by atoms with Gasteiger partial charge in [-0.15, -0.1) is 0 Å². The van der Waals surface area contributed by atoms with Crippen molar-refractivity contribution in [1.82, 2.24) is 9.21 Å². The predicted octanol–water partition coefficient (Wildman–Crippen LogP) is 4.55. The van der Waals surface area contributed by atoms with E-state index in [2.05, 4.69) is 36.4 Å². The average molecular weight is 463 g/mol. The van der Waals surface area contributed by atoms with E-state index in [4.69, 9.17) is 0 Å². The van der Waals surface area contributed by atoms with Crippen molar-refractivity contribution in [3.63, 3.8) is 0 Å². The summed E-state index contributed by atoms with van der Waals surface area (Å²) in [5.41, 5.74) is 4.18. The van der Waals surface area contributed by atoms with Gasteiger partial charge < -0.3 is 4.90 Å². The van der Waals surface area contributed by atoms with E-state index >= 15 is 0 Å². The number of hydrogen-bond donors (Lipinski definition) is 0. The maximum absolute atomic E-state index is 13.0. The topological polar surface area (TPSA) is 57.7 Å². The second kappa shape index (κ2) is 10.3. The summed E-state index contributed by atoms with van der Waals surface area (Å²) >= 11 is 0. The minimum atomic E-state index is -3.37. The molecule has 0 bridgehead atoms. The number of benzene rings is 3. The Morgan fingerprint density at radius 1 is 0.818 bits per heavy atom. The molecule has 0 spiro atoms. The third-order valence-electron chi connectivity index (χ3n) is 6.25. The maximum atomic E-state index is 13.0. The Morgan fingerprint density at radius 3 is 1.97 bits per heavy atom. The van der Waals surface area contributed by atoms with E-state index in [0.717, 1.165) is 16.7 Å². The summed E-state index contributed by atoms with van der Waals surface area (Å²) in [6.45, 7) is 1.33. The zero-order chi connectivity index (χ0) is 23.3. The van der Waals surface area contributed by atoms with Crippen LogP contribution >= 0.6 is 0 Å². The fourth-order valence-electron chi connectivity index (χ4n) is 4.35. The van der Waals surface area contributed by atoms with Gasteiger partial charge in [0.2, 0.25) is 15.9 Å². The summed E-state index contributed by atoms with van der Waals surface area (Å²) < 4.78 is 27.1. The van der Waals surface area contributed by atoms with E-state index in [1.54, 1.807) is 4.90 Å². The van der Waals surface area contributed by atoms with Crippen molar-refractivity contribution >= 4 is 15.9 Å². The van der Waals surface area contributed by atoms with Crippen molar-refractivity contribution in [2.24, 2.45) is 5.92 Å². The number of piperidine rings is 1. The van der Waals surface area contributed by atoms with Crippen LogP contribution in [0.2, 0.25) is 0 Å². The first-order chi connectivity index (χ1) is 15.9. The zero-order valence-electron chi connectivity index (χ0n) is 18.9. The van der Waals surface area contributed by atoms with Gasteiger partial charge in [0.25, 0.3) is 0 Å². The number of nitrogens with zero attached hydrogens (tertiary/aromatic N) is 2. The summed E-state index contributed by atoms with van der Waals surface area (Å²) in [7, 11) is -1.55. The normalized spacial score (nSPS) is 15.3. The second-order valence-corrected chi connectivity index (χ2v) is 10.6. The van der Waals surface area contributed by atoms with E-state index in [0.29, 0.717) is 32.5 Å². The van der Waals surface area contributed by atoms with Crippen LogP contribution in [0, 0.1) is 5.92 Å². The van der Waals surface area contributed by atoms with Crippen LogP contribution in [0.5, 0.6) is 0 Å². The summed E-state index contributed by atoms with van der Waals surface area (Å²) in [5.74, 6) is -0.0466. The third kappa shape index (κ3) is 5.89. The lowest BCUT2D eigenvalue weighted by Crippen LogP contribution is -2.43. The highest BCUT2D eigenvalue weighted by Crippen LogP contribution is 2.24. The van der Waals surface area contributed by atoms with Crippen molar-refractivity contribution in [3.05, 3.63) is 96.1 Å². The molecular weight excluding hydrogens is 432 g/mol. The van der Waals surface area contributed by atoms with E-state index in [-0.39, 0.29) is 17.6 Å². The molecule has 0 aromatic heterocycles. The van der Waals surface area contributed by atoms with Gasteiger partial charge in [-0.2, -0.15) is 0 Å². The Kier molecular flexibility index (Phi) is 7.26. The molecule has 0 saturated carbocycles. The maximum Gasteiger partial charge on any atom is 0.225 e. The van der Waals surface area contributed by atoms with Crippen molar-refractivity contribution in [3.8, 4) is 11.1 Å². The first kappa shape index (κ1) is 23.2. The molecule has 33 heavy (non-hydrogen) atoms. The van der Waals surface area contributed by atoms with Crippen LogP contribution in [0.15, 0.2) is 84.9 Å². The number of hydrogen-bond acceptors (Lipinski definition) is 3. The molecule has 1 amide bonds. The number of carbonyl (C=O) groups excluding carboxylic acids is 1. The van der Waals surface area contributed by atoms with Gasteiger partial charge in [0, 0.05) is 32.6 Å². The highest BCUT2D eigenvalue weighted by Gasteiger charge is 2.32. The number of carbonyl (C=O) groups is 1. The molecule has 0 radical (unpaired) electrons. The standard InChI is InChI=1S/C27H30N2O3S/c1-28(20-22-12-14-25(15-13-22)24-10-6-3-7-11-24)27(30)26-16-18-29(19-17-26)33(31,32)21-23-8-4-2-5-9-23/h2-15,26H,16-21H2,1H3. The molecule has 0 unspecified atom stereocenters. The Bertz CT molecular complexity index is 1160. The molecule has 1 aliphatic heterocycles. The Labute approximate surface area is 196 Å². The first-order valence-electron chi connectivity index (χ1n) is 11.3. The van der Waals surface area contributed by atoms with E-state index in [1.165, 1.54) is 9.87 Å². The van der Waals surface area contributed by atoms with E-state index in [1.807, 2.05) is 55.6 Å². The fourth-order valence-corrected chi connectivity index (χ4v) is 5.92. The number of amides is 1. The highest BCUT2D eigenvalue weighted by molar-refractivity contribution is 7.88. The average Bonchev–Trinajstić information content (AvgIpc) is 2.85. The summed E-state index contributed by atoms with van der Waals surface area (Å²) in [4.78, 5) is 14.8. The van der Waals surface area contributed by atoms with E-state index < -0.39 is 10.0 Å². The van der Waals surface area contributed by atoms with Gasteiger partial charge in [0.15, 0.2) is 0 Å². The fraction of sp³-hybridized carbons (Fsp3) is 0.296. The molecule has 1 aliphatic rings. The van der Waals surface area contributed by atoms with Crippen LogP contribution in [-0.2, 0) is 27.1 Å². The van der Waals surface area contributed by atoms with Gasteiger partial charge in [-0.3, -0.25) is 4.79 Å². The Morgan fingerprint density at radius 2 is 1.36 bits per heavy atom. The van der Waals surface area contributed by atoms with Gasteiger partial charge in [-0.1, -0.05) is 84.9 Å². The largest absolute Gasteiger partial charge is 0.341 e. The summed E-state index contributed by atoms with van der Waals surface area (Å²) in [6.07, 6.45) is 1.12. The lowest BCUT2D eigenvalue weighted by Gasteiger charge is -2.32. The second-order valence-electron chi connectivity index (χ2n) is 8.67. The SMILES string of the molecule is CN(Cc1ccc(-c2ccccc2)cc1)C(=O)C1CCN(S(=O)(=O)Cc2ccccc2)CC1. The van der Waals surface area contributed by atoms with Crippen LogP contribution < -0.4 is 0 Å². The lowest BCUT2D eigenvalue weighted by molar-refractivity contribution is -0.135. The smallest absolute Gasteiger partial charge is 0.225 e. The minimum absolute atomic E-state index is 0.00529. The first-order valence-corrected chi connectivity index (χ1v) is 12.9. The third-order valence-corrected chi connectivity index (χ3v) is 8.10. The van der Waals surface area contributed by atoms with Crippen molar-refractivity contribution in [1.29, 1.82) is 0 Å². The van der Waals surface area contributed by atoms with E-state index in [9.17, 15) is 13.2 Å². The molecule has 1 fully saturated rings. The van der Waals surface area contributed by atoms with Gasteiger partial charge >= 0.3 is 0 Å². The minimum Gasteiger partial charge on any atom is -0.341 e. The molecule has 0 N–H and O–H groups in total. The Balaban J connectivity index is 1.30. The molecule has 3 aromatic rings. The molecule has 0 aliphatic carbocycles. The monoisotopic (exact) mass is 462 g/mol. The molecule has 1 saturated heterocycles. The van der Waals surface area contributed by atoms with Gasteiger partial charge in [-0.25, -0.2) is 12.7 Å². The number of sulfonamides is 1. The van der Waals surface area contributed by atoms with Gasteiger partial charge in [0.1, 0.15) is 0 Å². The van der Waals surface area contributed by atoms with Crippen LogP contribution in [0.4, 0.5) is 0 Å². The Hall–Kier alpha value is -2.96. The number of rotatable bonds is 7. The van der Waals surface area contributed by atoms with Crippen LogP contribution in [0.1, 0.15) is 24.0 Å². The molecule has 4 rings (SSSR count). The van der Waals surface area contributed by atoms with Gasteiger partial charge in [0.05, 0.1) is 5.75 Å². The molecular formula is C27H30N2O3S. The summed E-state index contributed by atoms with van der Waals surface area (Å²) in [5, 5.41) is 0. The van der Waals surface area contributed by atoms with Crippen molar-refractivity contribution in [2.45, 2.75) is 25.1 Å². The van der Waals surface area contributed by atoms with Crippen LogP contribution in [0.25, 0.3) is 11.1 Å². The predicted molar refractivity (Wildman–Crippen MR) is 132 cm³/mol. The van der Waals surface area contributed by atoms with Crippen LogP contribution in [0.3, 0.4) is 0 Å². The van der Waals surface area contributed by atoms with Crippen LogP contribution in [-0.4, -0.2) is 43.7 Å². The molecule has 172 valence electrons. The zero-order valence-corrected chi connectivity index (χ0v) is 19.7. The molecule has 3 aromatic carbocycles. The quantitative estimate of drug-likeness (QED) is 0.517. The van der Waals surface area contributed by atoms with Crippen molar-refractivity contribution < 1.29 is 13.2 Å². The molecule has 0 atom stereocenters. The van der Waals surface area contributed by atoms with Crippen molar-refractivity contribution in [2.75, 3.05) is 20.1 Å². The molecule has 6 heteroatoms. The lowest BCUT2D eigenvalue weighted by atomic mass is 9.96. The molecule has 5 nitrogen and oxygen atoms in total. The summed E-state index contributed by atoms with van der Waals surface area (Å²) in [6, 6.07) is 27.7. The van der Waals surface area contributed by atoms with Gasteiger partial charge in [-0.05, 0) is 35.1 Å². The highest BCUT2D eigenvalue weighted by atomic mass is 32.2. The molecule has 1 heterocycles.